The monoisotopic (exact) mass is 422 g/mol. The maximum absolute atomic E-state index is 11.1. The third-order valence-corrected chi connectivity index (χ3v) is 10.5. The third-order valence-electron chi connectivity index (χ3n) is 6.06. The van der Waals surface area contributed by atoms with Crippen LogP contribution < -0.4 is 0 Å². The number of hydrogen-bond donors (Lipinski definition) is 1. The molecule has 5 atom stereocenters. The van der Waals surface area contributed by atoms with E-state index in [1.165, 1.54) is 0 Å². The van der Waals surface area contributed by atoms with E-state index < -0.39 is 26.6 Å². The predicted octanol–water partition coefficient (Wildman–Crippen LogP) is 4.31. The van der Waals surface area contributed by atoms with Crippen LogP contribution in [0.1, 0.15) is 32.8 Å². The van der Waals surface area contributed by atoms with Gasteiger partial charge in [0.25, 0.3) is 0 Å². The van der Waals surface area contributed by atoms with Gasteiger partial charge in [-0.05, 0) is 30.1 Å². The summed E-state index contributed by atoms with van der Waals surface area (Å²) in [5.41, 5.74) is 1.10. The van der Waals surface area contributed by atoms with Crippen LogP contribution in [0, 0.1) is 0 Å². The standard InChI is InChI=1S/C23H38O5Si/c1-8-12-18-22(28-29(6,7)23(2,3)4)20(24)21(25-5)19(27-18)16-26-15-17-13-10-9-11-14-17/h8-11,13-14,18-22,24H,1,12,15-16H2,2-7H3. The lowest BCUT2D eigenvalue weighted by Gasteiger charge is -2.48. The first-order chi connectivity index (χ1) is 13.6. The zero-order chi connectivity index (χ0) is 21.7. The molecule has 164 valence electrons. The lowest BCUT2D eigenvalue weighted by atomic mass is 9.93. The van der Waals surface area contributed by atoms with Crippen LogP contribution in [0.15, 0.2) is 43.0 Å². The summed E-state index contributed by atoms with van der Waals surface area (Å²) >= 11 is 0. The van der Waals surface area contributed by atoms with Crippen molar-refractivity contribution in [1.29, 1.82) is 0 Å². The summed E-state index contributed by atoms with van der Waals surface area (Å²) in [6.07, 6.45) is -0.00336. The van der Waals surface area contributed by atoms with Gasteiger partial charge >= 0.3 is 0 Å². The Labute approximate surface area is 177 Å². The van der Waals surface area contributed by atoms with E-state index in [4.69, 9.17) is 18.6 Å². The second kappa shape index (κ2) is 10.3. The molecule has 0 aromatic heterocycles. The molecule has 0 aliphatic carbocycles. The first kappa shape index (κ1) is 24.2. The van der Waals surface area contributed by atoms with Crippen molar-refractivity contribution in [2.45, 2.75) is 82.5 Å². The van der Waals surface area contributed by atoms with E-state index in [0.29, 0.717) is 19.6 Å². The van der Waals surface area contributed by atoms with E-state index in [9.17, 15) is 5.11 Å². The van der Waals surface area contributed by atoms with Crippen LogP contribution in [0.4, 0.5) is 0 Å². The van der Waals surface area contributed by atoms with Gasteiger partial charge in [0.15, 0.2) is 8.32 Å². The Morgan fingerprint density at radius 1 is 1.14 bits per heavy atom. The molecule has 1 fully saturated rings. The molecule has 1 saturated heterocycles. The highest BCUT2D eigenvalue weighted by Crippen LogP contribution is 2.40. The first-order valence-corrected chi connectivity index (χ1v) is 13.3. The normalized spacial score (nSPS) is 28.3. The van der Waals surface area contributed by atoms with Gasteiger partial charge in [-0.1, -0.05) is 57.2 Å². The lowest BCUT2D eigenvalue weighted by Crippen LogP contribution is -2.62. The Morgan fingerprint density at radius 3 is 2.34 bits per heavy atom. The second-order valence-electron chi connectivity index (χ2n) is 9.27. The molecule has 1 aromatic carbocycles. The number of hydrogen-bond acceptors (Lipinski definition) is 5. The summed E-state index contributed by atoms with van der Waals surface area (Å²) < 4.78 is 24.4. The van der Waals surface area contributed by atoms with Crippen LogP contribution >= 0.6 is 0 Å². The van der Waals surface area contributed by atoms with Crippen molar-refractivity contribution in [1.82, 2.24) is 0 Å². The molecule has 0 bridgehead atoms. The Morgan fingerprint density at radius 2 is 1.79 bits per heavy atom. The van der Waals surface area contributed by atoms with Crippen molar-refractivity contribution < 1.29 is 23.7 Å². The molecule has 5 unspecified atom stereocenters. The van der Waals surface area contributed by atoms with Gasteiger partial charge in [-0.15, -0.1) is 6.58 Å². The van der Waals surface area contributed by atoms with Crippen LogP contribution in [0.5, 0.6) is 0 Å². The molecule has 5 nitrogen and oxygen atoms in total. The summed E-state index contributed by atoms with van der Waals surface area (Å²) in [6, 6.07) is 10.00. The van der Waals surface area contributed by atoms with Gasteiger partial charge in [-0.2, -0.15) is 0 Å². The van der Waals surface area contributed by atoms with Crippen molar-refractivity contribution in [2.24, 2.45) is 0 Å². The fourth-order valence-electron chi connectivity index (χ4n) is 3.32. The van der Waals surface area contributed by atoms with Gasteiger partial charge in [0.05, 0.1) is 19.3 Å². The molecule has 1 aliphatic heterocycles. The zero-order valence-corrected chi connectivity index (χ0v) is 19.8. The first-order valence-electron chi connectivity index (χ1n) is 10.4. The molecular formula is C23H38O5Si. The van der Waals surface area contributed by atoms with Gasteiger partial charge in [0.2, 0.25) is 0 Å². The third kappa shape index (κ3) is 6.23. The highest BCUT2D eigenvalue weighted by atomic mass is 28.4. The highest BCUT2D eigenvalue weighted by Gasteiger charge is 2.49. The summed E-state index contributed by atoms with van der Waals surface area (Å²) in [4.78, 5) is 0. The minimum Gasteiger partial charge on any atom is -0.409 e. The van der Waals surface area contributed by atoms with Crippen LogP contribution in [0.2, 0.25) is 18.1 Å². The minimum absolute atomic E-state index is 0.0314. The minimum atomic E-state index is -2.10. The second-order valence-corrected chi connectivity index (χ2v) is 14.0. The molecule has 6 heteroatoms. The van der Waals surface area contributed by atoms with E-state index in [1.807, 2.05) is 36.4 Å². The summed E-state index contributed by atoms with van der Waals surface area (Å²) in [5.74, 6) is 0. The summed E-state index contributed by atoms with van der Waals surface area (Å²) in [7, 11) is -0.504. The van der Waals surface area contributed by atoms with E-state index in [0.717, 1.165) is 5.56 Å². The number of aliphatic hydroxyl groups excluding tert-OH is 1. The number of ether oxygens (including phenoxy) is 3. The number of benzene rings is 1. The van der Waals surface area contributed by atoms with E-state index in [2.05, 4.69) is 40.4 Å². The topological polar surface area (TPSA) is 57.2 Å². The van der Waals surface area contributed by atoms with Crippen molar-refractivity contribution in [2.75, 3.05) is 13.7 Å². The molecule has 0 radical (unpaired) electrons. The molecule has 0 spiro atoms. The maximum atomic E-state index is 11.1. The highest BCUT2D eigenvalue weighted by molar-refractivity contribution is 6.74. The number of aliphatic hydroxyl groups is 1. The van der Waals surface area contributed by atoms with E-state index in [-0.39, 0.29) is 17.2 Å². The number of methoxy groups -OCH3 is 1. The van der Waals surface area contributed by atoms with Crippen LogP contribution in [-0.2, 0) is 25.2 Å². The average Bonchev–Trinajstić information content (AvgIpc) is 2.65. The van der Waals surface area contributed by atoms with Crippen molar-refractivity contribution >= 4 is 8.32 Å². The van der Waals surface area contributed by atoms with Gasteiger partial charge in [0, 0.05) is 7.11 Å². The fourth-order valence-corrected chi connectivity index (χ4v) is 4.64. The van der Waals surface area contributed by atoms with Crippen LogP contribution in [0.25, 0.3) is 0 Å². The fraction of sp³-hybridized carbons (Fsp3) is 0.652. The largest absolute Gasteiger partial charge is 0.409 e. The molecule has 0 saturated carbocycles. The van der Waals surface area contributed by atoms with Crippen molar-refractivity contribution in [3.8, 4) is 0 Å². The predicted molar refractivity (Wildman–Crippen MR) is 118 cm³/mol. The van der Waals surface area contributed by atoms with E-state index in [1.54, 1.807) is 7.11 Å². The number of rotatable bonds is 9. The molecule has 29 heavy (non-hydrogen) atoms. The van der Waals surface area contributed by atoms with Gasteiger partial charge in [-0.25, -0.2) is 0 Å². The molecule has 1 N–H and O–H groups in total. The summed E-state index contributed by atoms with van der Waals surface area (Å²) in [6.45, 7) is 15.6. The Balaban J connectivity index is 2.10. The van der Waals surface area contributed by atoms with Crippen LogP contribution in [-0.4, -0.2) is 57.7 Å². The lowest BCUT2D eigenvalue weighted by molar-refractivity contribution is -0.235. The Kier molecular flexibility index (Phi) is 8.64. The van der Waals surface area contributed by atoms with Crippen molar-refractivity contribution in [3.05, 3.63) is 48.6 Å². The van der Waals surface area contributed by atoms with Crippen molar-refractivity contribution in [3.63, 3.8) is 0 Å². The van der Waals surface area contributed by atoms with Gasteiger partial charge in [-0.3, -0.25) is 0 Å². The quantitative estimate of drug-likeness (QED) is 0.475. The molecule has 1 aromatic rings. The average molecular weight is 423 g/mol. The van der Waals surface area contributed by atoms with Crippen LogP contribution in [0.3, 0.4) is 0 Å². The molecule has 2 rings (SSSR count). The molecule has 1 aliphatic rings. The van der Waals surface area contributed by atoms with E-state index >= 15 is 0 Å². The Bertz CT molecular complexity index is 628. The SMILES string of the molecule is C=CCC1OC(COCc2ccccc2)C(OC)C(O)C1O[Si](C)(C)C(C)(C)C. The molecular weight excluding hydrogens is 384 g/mol. The summed E-state index contributed by atoms with van der Waals surface area (Å²) in [5, 5.41) is 11.2. The van der Waals surface area contributed by atoms with Gasteiger partial charge in [0.1, 0.15) is 24.4 Å². The maximum Gasteiger partial charge on any atom is 0.192 e. The molecule has 0 amide bonds. The van der Waals surface area contributed by atoms with Gasteiger partial charge < -0.3 is 23.7 Å². The smallest absolute Gasteiger partial charge is 0.192 e. The zero-order valence-electron chi connectivity index (χ0n) is 18.8. The Hall–Kier alpha value is -1.02. The molecule has 1 heterocycles.